The number of benzene rings is 3. The van der Waals surface area contributed by atoms with Crippen LogP contribution in [0.3, 0.4) is 0 Å². The molecule has 0 aliphatic heterocycles. The molecular weight excluding hydrogens is 587 g/mol. The molecule has 0 N–H and O–H groups in total. The SMILES string of the molecule is CC1=Cc2ccccc2[CH]1[Zr]([CH3])([SiH3])[CH]1C(C)=Cc2c(-c3ccccc3)cccc21.CCCCCC.Cl.Cl. The van der Waals surface area contributed by atoms with Gasteiger partial charge in [0.05, 0.1) is 0 Å². The Bertz CT molecular complexity index is 1230. The van der Waals surface area contributed by atoms with E-state index in [1.54, 1.807) is 22.3 Å². The van der Waals surface area contributed by atoms with Crippen LogP contribution in [0, 0.1) is 0 Å². The predicted molar refractivity (Wildman–Crippen MR) is 171 cm³/mol. The Labute approximate surface area is 244 Å². The van der Waals surface area contributed by atoms with E-state index in [0.717, 1.165) is 0 Å². The Morgan fingerprint density at radius 3 is 1.86 bits per heavy atom. The van der Waals surface area contributed by atoms with E-state index in [1.165, 1.54) is 55.3 Å². The first-order valence-corrected chi connectivity index (χ1v) is 27.2. The molecule has 37 heavy (non-hydrogen) atoms. The molecule has 0 bridgehead atoms. The fraction of sp³-hybridized carbons (Fsp3) is 0.333. The second-order valence-corrected chi connectivity index (χ2v) is 35.5. The van der Waals surface area contributed by atoms with Gasteiger partial charge in [-0.05, 0) is 0 Å². The number of hydrogen-bond acceptors (Lipinski definition) is 0. The van der Waals surface area contributed by atoms with Gasteiger partial charge in [0, 0.05) is 0 Å². The van der Waals surface area contributed by atoms with Gasteiger partial charge in [-0.25, -0.2) is 0 Å². The van der Waals surface area contributed by atoms with Crippen LogP contribution in [0.1, 0.15) is 82.9 Å². The van der Waals surface area contributed by atoms with Gasteiger partial charge >= 0.3 is 182 Å². The molecule has 0 heterocycles. The molecule has 0 saturated carbocycles. The summed E-state index contributed by atoms with van der Waals surface area (Å²) >= 11 is -2.52. The fourth-order valence-electron chi connectivity index (χ4n) is 6.54. The first-order chi connectivity index (χ1) is 16.9. The minimum Gasteiger partial charge on any atom is -0.147 e. The van der Waals surface area contributed by atoms with Gasteiger partial charge < -0.3 is 0 Å². The molecule has 0 aromatic heterocycles. The van der Waals surface area contributed by atoms with E-state index < -0.39 is 19.4 Å². The van der Waals surface area contributed by atoms with E-state index in [0.29, 0.717) is 7.25 Å². The summed E-state index contributed by atoms with van der Waals surface area (Å²) in [7, 11) is 1.34. The van der Waals surface area contributed by atoms with Crippen LogP contribution < -0.4 is 0 Å². The molecular formula is C33H44Cl2SiZr. The summed E-state index contributed by atoms with van der Waals surface area (Å²) < 4.78 is 4.14. The van der Waals surface area contributed by atoms with E-state index >= 15 is 0 Å². The topological polar surface area (TPSA) is 0 Å². The van der Waals surface area contributed by atoms with Crippen LogP contribution in [0.2, 0.25) is 4.63 Å². The Balaban J connectivity index is 0.000000543. The van der Waals surface area contributed by atoms with Crippen molar-refractivity contribution in [3.8, 4) is 11.1 Å². The van der Waals surface area contributed by atoms with Crippen LogP contribution in [0.15, 0.2) is 83.9 Å². The van der Waals surface area contributed by atoms with Gasteiger partial charge in [-0.2, -0.15) is 0 Å². The largest absolute Gasteiger partial charge is 0.147 e. The molecule has 198 valence electrons. The molecule has 2 aliphatic rings. The Morgan fingerprint density at radius 2 is 1.22 bits per heavy atom. The minimum absolute atomic E-state index is 0. The molecule has 3 aromatic rings. The normalized spacial score (nSPS) is 18.6. The van der Waals surface area contributed by atoms with Crippen molar-refractivity contribution in [2.45, 2.75) is 65.3 Å². The molecule has 3 atom stereocenters. The molecule has 0 nitrogen and oxygen atoms in total. The van der Waals surface area contributed by atoms with Gasteiger partial charge in [0.15, 0.2) is 0 Å². The zero-order valence-electron chi connectivity index (χ0n) is 23.4. The van der Waals surface area contributed by atoms with Crippen molar-refractivity contribution in [1.82, 2.24) is 0 Å². The molecule has 5 rings (SSSR count). The van der Waals surface area contributed by atoms with Crippen molar-refractivity contribution >= 4 is 44.3 Å². The summed E-state index contributed by atoms with van der Waals surface area (Å²) in [6.07, 6.45) is 10.5. The smallest absolute Gasteiger partial charge is 0.0536 e. The third kappa shape index (κ3) is 6.70. The maximum atomic E-state index is 2.73. The number of hydrogen-bond donors (Lipinski definition) is 0. The molecule has 4 heteroatoms. The van der Waals surface area contributed by atoms with Crippen molar-refractivity contribution < 1.29 is 19.4 Å². The number of unbranched alkanes of at least 4 members (excludes halogenated alkanes) is 3. The van der Waals surface area contributed by atoms with Gasteiger partial charge in [0.2, 0.25) is 0 Å². The Kier molecular flexibility index (Phi) is 12.4. The summed E-state index contributed by atoms with van der Waals surface area (Å²) in [4.78, 5) is 0. The van der Waals surface area contributed by atoms with Gasteiger partial charge in [-0.1, -0.05) is 39.5 Å². The average molecular weight is 631 g/mol. The van der Waals surface area contributed by atoms with Crippen LogP contribution in [-0.4, -0.2) is 7.37 Å². The number of allylic oxidation sites excluding steroid dienone is 2. The number of fused-ring (bicyclic) bond motifs is 2. The van der Waals surface area contributed by atoms with Gasteiger partial charge in [0.1, 0.15) is 0 Å². The minimum atomic E-state index is -2.52. The van der Waals surface area contributed by atoms with Crippen molar-refractivity contribution in [3.05, 3.63) is 106 Å². The zero-order valence-corrected chi connectivity index (χ0v) is 29.5. The van der Waals surface area contributed by atoms with Gasteiger partial charge in [-0.3, -0.25) is 0 Å². The molecule has 3 aromatic carbocycles. The van der Waals surface area contributed by atoms with E-state index in [1.807, 2.05) is 0 Å². The van der Waals surface area contributed by atoms with Gasteiger partial charge in [-0.15, -0.1) is 24.8 Å². The van der Waals surface area contributed by atoms with Gasteiger partial charge in [0.25, 0.3) is 0 Å². The third-order valence-corrected chi connectivity index (χ3v) is 25.9. The Morgan fingerprint density at radius 1 is 0.676 bits per heavy atom. The first kappa shape index (κ1) is 32.0. The standard InChI is InChI=1S/C16H13.C10H9.C6H14.CH3.2ClH.H3Si.Zr/c1-12-10-14-8-5-9-15(16(14)11-12)13-6-3-2-4-7-13;1-8-6-9-4-2-3-5-10(9)7-8;1-3-5-6-4-2;;;;;/h2-11H,1H3;2-7H,1H3;3-6H2,1-2H3;1H3;2*1H;1H3;. The molecule has 2 aliphatic carbocycles. The third-order valence-electron chi connectivity index (χ3n) is 7.95. The van der Waals surface area contributed by atoms with Crippen LogP contribution in [0.4, 0.5) is 0 Å². The average Bonchev–Trinajstić information content (AvgIpc) is 3.39. The first-order valence-electron chi connectivity index (χ1n) is 13.5. The summed E-state index contributed by atoms with van der Waals surface area (Å²) in [5.74, 6) is 0. The van der Waals surface area contributed by atoms with Crippen LogP contribution in [0.25, 0.3) is 23.3 Å². The number of rotatable bonds is 6. The monoisotopic (exact) mass is 628 g/mol. The zero-order chi connectivity index (χ0) is 25.0. The molecule has 0 spiro atoms. The molecule has 0 amide bonds. The van der Waals surface area contributed by atoms with E-state index in [-0.39, 0.29) is 24.8 Å². The van der Waals surface area contributed by atoms with Crippen molar-refractivity contribution in [3.63, 3.8) is 0 Å². The molecule has 0 radical (unpaired) electrons. The van der Waals surface area contributed by atoms with Crippen molar-refractivity contribution in [1.29, 1.82) is 0 Å². The second kappa shape index (κ2) is 14.3. The summed E-state index contributed by atoms with van der Waals surface area (Å²) in [6.45, 7) is 9.24. The second-order valence-electron chi connectivity index (χ2n) is 11.0. The number of halogens is 2. The molecule has 3 unspecified atom stereocenters. The van der Waals surface area contributed by atoms with Crippen molar-refractivity contribution in [2.75, 3.05) is 0 Å². The Hall–Kier alpha value is -1.18. The molecule has 0 fully saturated rings. The van der Waals surface area contributed by atoms with Crippen LogP contribution in [-0.2, 0) is 19.4 Å². The van der Waals surface area contributed by atoms with Crippen molar-refractivity contribution in [2.24, 2.45) is 0 Å². The summed E-state index contributed by atoms with van der Waals surface area (Å²) in [5.41, 5.74) is 12.1. The maximum absolute atomic E-state index is 2.73. The maximum Gasteiger partial charge on any atom is -0.0536 e. The summed E-state index contributed by atoms with van der Waals surface area (Å²) in [5, 5.41) is 0. The molecule has 0 saturated heterocycles. The van der Waals surface area contributed by atoms with E-state index in [2.05, 4.69) is 117 Å². The fourth-order valence-corrected chi connectivity index (χ4v) is 27.8. The predicted octanol–water partition coefficient (Wildman–Crippen LogP) is 9.88. The van der Waals surface area contributed by atoms with E-state index in [4.69, 9.17) is 0 Å². The quantitative estimate of drug-likeness (QED) is 0.188. The van der Waals surface area contributed by atoms with Crippen LogP contribution >= 0.6 is 24.8 Å². The van der Waals surface area contributed by atoms with E-state index in [9.17, 15) is 0 Å². The van der Waals surface area contributed by atoms with Crippen LogP contribution in [0.5, 0.6) is 0 Å². The summed E-state index contributed by atoms with van der Waals surface area (Å²) in [6, 6.07) is 27.0.